The monoisotopic (exact) mass is 1330 g/mol. The highest BCUT2D eigenvalue weighted by atomic mass is 16.6. The number of hydrogen-bond donors (Lipinski definition) is 13. The van der Waals surface area contributed by atoms with Gasteiger partial charge in [-0.1, -0.05) is 20.3 Å². The fraction of sp³-hybridized carbons (Fsp3) is 0.786. The van der Waals surface area contributed by atoms with Gasteiger partial charge in [-0.05, 0) is 18.6 Å². The van der Waals surface area contributed by atoms with Gasteiger partial charge in [0.2, 0.25) is 35.1 Å². The Balaban J connectivity index is 1.85. The first kappa shape index (κ1) is 81.9. The van der Waals surface area contributed by atoms with Crippen molar-refractivity contribution in [3.05, 3.63) is 23.7 Å². The Morgan fingerprint density at radius 1 is 0.554 bits per heavy atom. The molecule has 0 aromatic rings. The molecule has 2 heterocycles. The Hall–Kier alpha value is -6.20. The van der Waals surface area contributed by atoms with Crippen LogP contribution in [0.2, 0.25) is 0 Å². The summed E-state index contributed by atoms with van der Waals surface area (Å²) in [6, 6.07) is -3.34. The van der Waals surface area contributed by atoms with E-state index in [1.165, 1.54) is 11.0 Å². The summed E-state index contributed by atoms with van der Waals surface area (Å²) >= 11 is 0. The number of hydrogen-bond acceptors (Lipinski definition) is 26. The summed E-state index contributed by atoms with van der Waals surface area (Å²) in [7, 11) is 0. The number of aliphatic hydroxyl groups excluding tert-OH is 4. The number of rotatable bonds is 56. The molecular weight excluding hydrogens is 1230 g/mol. The van der Waals surface area contributed by atoms with Crippen LogP contribution in [0.25, 0.3) is 0 Å². The van der Waals surface area contributed by atoms with Gasteiger partial charge in [-0.15, -0.1) is 0 Å². The number of aliphatic imine (C=N–C) groups is 2. The number of carboxylic acids is 2. The lowest BCUT2D eigenvalue weighted by Crippen LogP contribution is -2.60. The molecule has 36 heteroatoms. The molecule has 2 aliphatic rings. The molecule has 0 bridgehead atoms. The van der Waals surface area contributed by atoms with Gasteiger partial charge in [-0.2, -0.15) is 0 Å². The van der Waals surface area contributed by atoms with Crippen LogP contribution in [0.15, 0.2) is 33.7 Å². The maximum Gasteiger partial charge on any atom is 0.370 e. The summed E-state index contributed by atoms with van der Waals surface area (Å²) in [6.07, 6.45) is -4.73. The van der Waals surface area contributed by atoms with Crippen molar-refractivity contribution < 1.29 is 126 Å². The first-order valence-corrected chi connectivity index (χ1v) is 30.3. The number of carbonyl (C=O) groups is 6. The van der Waals surface area contributed by atoms with E-state index in [2.05, 4.69) is 32.9 Å². The van der Waals surface area contributed by atoms with Crippen molar-refractivity contribution in [1.29, 1.82) is 0 Å². The zero-order valence-electron chi connectivity index (χ0n) is 52.8. The van der Waals surface area contributed by atoms with Crippen LogP contribution in [0.5, 0.6) is 0 Å². The van der Waals surface area contributed by atoms with Crippen LogP contribution < -0.4 is 38.9 Å². The molecule has 0 spiro atoms. The Morgan fingerprint density at radius 2 is 0.924 bits per heavy atom. The number of carboxylic acid groups (broad SMARTS) is 2. The van der Waals surface area contributed by atoms with Crippen molar-refractivity contribution in [2.24, 2.45) is 38.8 Å². The molecule has 2 aliphatic heterocycles. The van der Waals surface area contributed by atoms with Crippen LogP contribution in [0.4, 0.5) is 0 Å². The summed E-state index contributed by atoms with van der Waals surface area (Å²) in [5.74, 6) is -7.95. The van der Waals surface area contributed by atoms with E-state index in [-0.39, 0.29) is 90.7 Å². The summed E-state index contributed by atoms with van der Waals surface area (Å²) in [6.45, 7) is 8.21. The van der Waals surface area contributed by atoms with E-state index in [1.54, 1.807) is 6.92 Å². The number of carbonyl (C=O) groups excluding carboxylic acids is 4. The van der Waals surface area contributed by atoms with E-state index in [1.807, 2.05) is 0 Å². The maximum absolute atomic E-state index is 13.5. The lowest BCUT2D eigenvalue weighted by Gasteiger charge is -2.40. The van der Waals surface area contributed by atoms with Crippen molar-refractivity contribution in [3.63, 3.8) is 0 Å². The molecular formula is C56H100N10O26. The molecule has 0 unspecified atom stereocenters. The first-order valence-electron chi connectivity index (χ1n) is 30.3. The van der Waals surface area contributed by atoms with Gasteiger partial charge in [0, 0.05) is 45.6 Å². The third-order valence-electron chi connectivity index (χ3n) is 13.1. The first-order chi connectivity index (χ1) is 44.2. The number of nitrogens with one attached hydrogen (secondary N) is 3. The Morgan fingerprint density at radius 3 is 1.32 bits per heavy atom. The summed E-state index contributed by atoms with van der Waals surface area (Å²) in [4.78, 5) is 84.6. The van der Waals surface area contributed by atoms with Crippen LogP contribution >= 0.6 is 0 Å². The van der Waals surface area contributed by atoms with Gasteiger partial charge in [-0.25, -0.2) is 19.6 Å². The van der Waals surface area contributed by atoms with Gasteiger partial charge in [0.25, 0.3) is 0 Å². The predicted molar refractivity (Wildman–Crippen MR) is 323 cm³/mol. The molecule has 92 heavy (non-hydrogen) atoms. The highest BCUT2D eigenvalue weighted by Gasteiger charge is 2.46. The molecule has 0 fully saturated rings. The fourth-order valence-corrected chi connectivity index (χ4v) is 8.56. The number of nitrogens with zero attached hydrogens (tertiary/aromatic N) is 3. The number of unbranched alkanes of at least 4 members (excludes halogenated alkanes) is 1. The van der Waals surface area contributed by atoms with Crippen LogP contribution in [0.1, 0.15) is 40.0 Å². The van der Waals surface area contributed by atoms with Crippen molar-refractivity contribution in [2.75, 3.05) is 185 Å². The number of aliphatic carboxylic acids is 2. The molecule has 0 aliphatic carbocycles. The minimum atomic E-state index is -1.75. The molecule has 530 valence electrons. The molecule has 0 aromatic carbocycles. The number of amides is 4. The number of aliphatic hydroxyl groups is 4. The predicted octanol–water partition coefficient (Wildman–Crippen LogP) is -5.96. The van der Waals surface area contributed by atoms with E-state index in [9.17, 15) is 59.4 Å². The topological polar surface area (TPSA) is 521 Å². The third-order valence-corrected chi connectivity index (χ3v) is 13.1. The second-order valence-electron chi connectivity index (χ2n) is 20.4. The van der Waals surface area contributed by atoms with Crippen molar-refractivity contribution in [3.8, 4) is 0 Å². The molecule has 10 atom stereocenters. The highest BCUT2D eigenvalue weighted by Crippen LogP contribution is 2.31. The molecule has 0 radical (unpaired) electrons. The lowest BCUT2D eigenvalue weighted by molar-refractivity contribution is -0.160. The average Bonchev–Trinajstić information content (AvgIpc) is 0.946. The quantitative estimate of drug-likeness (QED) is 0.0153. The largest absolute Gasteiger partial charge is 0.480 e. The Bertz CT molecular complexity index is 2210. The van der Waals surface area contributed by atoms with Gasteiger partial charge in [0.15, 0.2) is 18.0 Å². The second-order valence-corrected chi connectivity index (χ2v) is 20.4. The third kappa shape index (κ3) is 36.3. The van der Waals surface area contributed by atoms with E-state index in [0.717, 1.165) is 32.4 Å². The minimum Gasteiger partial charge on any atom is -0.480 e. The fourth-order valence-electron chi connectivity index (χ4n) is 8.56. The normalized spacial score (nSPS) is 19.2. The van der Waals surface area contributed by atoms with Gasteiger partial charge in [0.1, 0.15) is 43.7 Å². The van der Waals surface area contributed by atoms with E-state index < -0.39 is 134 Å². The molecule has 17 N–H and O–H groups in total. The van der Waals surface area contributed by atoms with Gasteiger partial charge < -0.3 is 141 Å². The van der Waals surface area contributed by atoms with Crippen molar-refractivity contribution >= 4 is 47.5 Å². The van der Waals surface area contributed by atoms with Crippen LogP contribution in [-0.2, 0) is 95.1 Å². The standard InChI is InChI=1S/C56H100N10O26/c1-4-5-11-79-17-19-83-21-23-85-25-27-87-29-30-88-28-26-86-24-22-84-20-18-80-12-6-47(74)66(9-15-81-13-7-61-45(72)35-89-50(41(70)33-67)49-37(2)39(64-55(57)58)31-43(91-49)53(75)76)10-16-82-14-8-62-46(73)36-90-51(42(71)34-68)52-48(63-38(3)69)40(65-56(59)60)32-44(92-52)54(77)78/h31-32,37,39-42,48-52,67-68,70-71H,4-30,33-36H2,1-3H3,(H,61,72)(H,62,73)(H,63,69)(H,75,76)(H,77,78)(H4,57,58,64)(H4,59,60,65)/t37-,39+,40+,41-,42-,48-,49-,50-,51-,52-/m1/s1. The number of nitrogens with two attached hydrogens (primary N) is 4. The summed E-state index contributed by atoms with van der Waals surface area (Å²) in [5, 5.41) is 68.0. The van der Waals surface area contributed by atoms with Gasteiger partial charge in [0.05, 0.1) is 163 Å². The van der Waals surface area contributed by atoms with Crippen LogP contribution in [-0.4, -0.2) is 323 Å². The zero-order valence-corrected chi connectivity index (χ0v) is 52.8. The summed E-state index contributed by atoms with van der Waals surface area (Å²) < 4.78 is 78.0. The number of ether oxygens (including phenoxy) is 14. The van der Waals surface area contributed by atoms with Gasteiger partial charge >= 0.3 is 11.9 Å². The molecule has 0 saturated carbocycles. The van der Waals surface area contributed by atoms with E-state index in [0.29, 0.717) is 79.3 Å². The lowest BCUT2D eigenvalue weighted by atomic mass is 9.87. The van der Waals surface area contributed by atoms with Crippen LogP contribution in [0.3, 0.4) is 0 Å². The average molecular weight is 1330 g/mol. The smallest absolute Gasteiger partial charge is 0.370 e. The summed E-state index contributed by atoms with van der Waals surface area (Å²) in [5.41, 5.74) is 22.2. The Labute approximate surface area is 534 Å². The van der Waals surface area contributed by atoms with Crippen LogP contribution in [0, 0.1) is 5.92 Å². The van der Waals surface area contributed by atoms with E-state index in [4.69, 9.17) is 89.3 Å². The van der Waals surface area contributed by atoms with Crippen molar-refractivity contribution in [1.82, 2.24) is 20.9 Å². The molecule has 36 nitrogen and oxygen atoms in total. The number of guanidine groups is 2. The Kier molecular flexibility index (Phi) is 44.8. The van der Waals surface area contributed by atoms with E-state index >= 15 is 0 Å². The minimum absolute atomic E-state index is 0.000759. The molecule has 4 amide bonds. The molecule has 2 rings (SSSR count). The maximum atomic E-state index is 13.5. The van der Waals surface area contributed by atoms with Gasteiger partial charge in [-0.3, -0.25) is 19.2 Å². The zero-order chi connectivity index (χ0) is 67.9. The second kappa shape index (κ2) is 50.3. The molecule has 0 saturated heterocycles. The van der Waals surface area contributed by atoms with Crippen molar-refractivity contribution in [2.45, 2.75) is 94.8 Å². The molecule has 0 aromatic heterocycles. The highest BCUT2D eigenvalue weighted by molar-refractivity contribution is 5.86. The SMILES string of the molecule is CCCCOCCOCCOCCOCCOCCOCCOCCOCCC(=O)N(CCOCCNC(=O)CO[C@@H]([C@@H]1OC(C(=O)O)=C[C@H](N=C(N)N)[C@H]1C)[C@H](O)CO)CCOCCNC(=O)CO[C@@H]([C@@H]1OC(C(=O)O)=C[C@H](N=C(N)N)[C@H]1NC(C)=O)[C@H](O)CO.